The van der Waals surface area contributed by atoms with E-state index in [9.17, 15) is 9.59 Å². The molecule has 2 aromatic rings. The number of piperidine rings is 3. The number of hydrogen-bond acceptors (Lipinski definition) is 4. The Hall–Kier alpha value is -2.22. The van der Waals surface area contributed by atoms with E-state index in [4.69, 9.17) is 11.6 Å². The largest absolute Gasteiger partial charge is 0.337 e. The molecule has 3 aliphatic heterocycles. The molecule has 3 aliphatic rings. The Morgan fingerprint density at radius 1 is 1.00 bits per heavy atom. The lowest BCUT2D eigenvalue weighted by Crippen LogP contribution is -2.59. The maximum atomic E-state index is 13.0. The highest BCUT2D eigenvalue weighted by atomic mass is 35.5. The number of rotatable bonds is 5. The van der Waals surface area contributed by atoms with Crippen LogP contribution >= 0.6 is 23.4 Å². The third kappa shape index (κ3) is 5.09. The van der Waals surface area contributed by atoms with E-state index >= 15 is 0 Å². The minimum atomic E-state index is -0.457. The predicted molar refractivity (Wildman–Crippen MR) is 121 cm³/mol. The molecular formula is C22H25ClN4O2S. The maximum absolute atomic E-state index is 13.0. The highest BCUT2D eigenvalue weighted by Crippen LogP contribution is 2.42. The SMILES string of the molecule is O=C(NNC(=O)[C@H]1C2CCN(CC2)[C@@H]1SCc1ccc(Cl)cc1)Nc1ccccc1. The first-order valence-corrected chi connectivity index (χ1v) is 11.5. The van der Waals surface area contributed by atoms with E-state index in [0.717, 1.165) is 36.7 Å². The number of nitrogens with one attached hydrogen (secondary N) is 3. The van der Waals surface area contributed by atoms with Crippen LogP contribution in [0.5, 0.6) is 0 Å². The van der Waals surface area contributed by atoms with Gasteiger partial charge in [-0.1, -0.05) is 41.9 Å². The summed E-state index contributed by atoms with van der Waals surface area (Å²) >= 11 is 7.77. The number of hydrogen-bond donors (Lipinski definition) is 3. The number of anilines is 1. The lowest BCUT2D eigenvalue weighted by molar-refractivity contribution is -0.132. The Kier molecular flexibility index (Phi) is 6.82. The number of fused-ring (bicyclic) bond motifs is 3. The molecule has 0 unspecified atom stereocenters. The number of para-hydroxylation sites is 1. The number of amides is 3. The Labute approximate surface area is 185 Å². The summed E-state index contributed by atoms with van der Waals surface area (Å²) in [5.41, 5.74) is 6.99. The number of halogens is 1. The number of benzene rings is 2. The van der Waals surface area contributed by atoms with Crippen molar-refractivity contribution in [3.8, 4) is 0 Å². The zero-order valence-corrected chi connectivity index (χ0v) is 18.1. The van der Waals surface area contributed by atoms with Crippen LogP contribution in [0.4, 0.5) is 10.5 Å². The van der Waals surface area contributed by atoms with Gasteiger partial charge in [-0.2, -0.15) is 0 Å². The van der Waals surface area contributed by atoms with E-state index in [1.807, 2.05) is 42.5 Å². The van der Waals surface area contributed by atoms with Crippen molar-refractivity contribution >= 4 is 41.0 Å². The molecule has 158 valence electrons. The van der Waals surface area contributed by atoms with Gasteiger partial charge in [0.15, 0.2) is 0 Å². The van der Waals surface area contributed by atoms with Crippen molar-refractivity contribution in [1.29, 1.82) is 0 Å². The number of nitrogens with zero attached hydrogens (tertiary/aromatic N) is 1. The predicted octanol–water partition coefficient (Wildman–Crippen LogP) is 4.09. The van der Waals surface area contributed by atoms with Gasteiger partial charge in [0.05, 0.1) is 11.3 Å². The van der Waals surface area contributed by atoms with Crippen molar-refractivity contribution in [3.05, 3.63) is 65.2 Å². The monoisotopic (exact) mass is 444 g/mol. The van der Waals surface area contributed by atoms with E-state index in [1.54, 1.807) is 23.9 Å². The number of urea groups is 1. The molecule has 0 aromatic heterocycles. The van der Waals surface area contributed by atoms with Crippen molar-refractivity contribution in [2.24, 2.45) is 11.8 Å². The summed E-state index contributed by atoms with van der Waals surface area (Å²) in [6, 6.07) is 16.5. The lowest BCUT2D eigenvalue weighted by Gasteiger charge is -2.49. The third-order valence-electron chi connectivity index (χ3n) is 5.72. The lowest BCUT2D eigenvalue weighted by atomic mass is 9.78. The van der Waals surface area contributed by atoms with Gasteiger partial charge in [-0.25, -0.2) is 10.2 Å². The van der Waals surface area contributed by atoms with E-state index in [1.165, 1.54) is 5.56 Å². The summed E-state index contributed by atoms with van der Waals surface area (Å²) < 4.78 is 0. The molecule has 3 N–H and O–H groups in total. The molecule has 0 aliphatic carbocycles. The summed E-state index contributed by atoms with van der Waals surface area (Å²) in [4.78, 5) is 27.5. The Morgan fingerprint density at radius 2 is 1.70 bits per heavy atom. The van der Waals surface area contributed by atoms with Crippen LogP contribution < -0.4 is 16.2 Å². The van der Waals surface area contributed by atoms with Gasteiger partial charge in [0, 0.05) is 16.5 Å². The van der Waals surface area contributed by atoms with Crippen LogP contribution in [0.1, 0.15) is 18.4 Å². The first-order chi connectivity index (χ1) is 14.6. The van der Waals surface area contributed by atoms with Gasteiger partial charge < -0.3 is 5.32 Å². The fourth-order valence-corrected chi connectivity index (χ4v) is 5.85. The van der Waals surface area contributed by atoms with Crippen LogP contribution in [0.15, 0.2) is 54.6 Å². The molecule has 2 atom stereocenters. The van der Waals surface area contributed by atoms with Crippen molar-refractivity contribution in [2.45, 2.75) is 24.0 Å². The standard InChI is InChI=1S/C22H25ClN4O2S/c23-17-8-6-15(7-9-17)14-30-21-19(16-10-12-27(21)13-11-16)20(28)25-26-22(29)24-18-4-2-1-3-5-18/h1-9,16,19,21H,10-14H2,(H,25,28)(H2,24,26,29)/t19-,21-/m1/s1. The molecule has 0 spiro atoms. The molecule has 8 heteroatoms. The van der Waals surface area contributed by atoms with Crippen molar-refractivity contribution in [3.63, 3.8) is 0 Å². The van der Waals surface area contributed by atoms with Gasteiger partial charge in [-0.05, 0) is 61.7 Å². The highest BCUT2D eigenvalue weighted by Gasteiger charge is 2.46. The Balaban J connectivity index is 1.35. The second-order valence-electron chi connectivity index (χ2n) is 7.66. The summed E-state index contributed by atoms with van der Waals surface area (Å²) in [5, 5.41) is 3.53. The normalized spacial score (nSPS) is 24.8. The molecule has 3 heterocycles. The first kappa shape index (κ1) is 21.0. The summed E-state index contributed by atoms with van der Waals surface area (Å²) in [7, 11) is 0. The zero-order valence-electron chi connectivity index (χ0n) is 16.5. The van der Waals surface area contributed by atoms with Crippen LogP contribution in [0.25, 0.3) is 0 Å². The molecule has 0 saturated carbocycles. The average Bonchev–Trinajstić information content (AvgIpc) is 2.78. The van der Waals surface area contributed by atoms with Crippen molar-refractivity contribution < 1.29 is 9.59 Å². The van der Waals surface area contributed by atoms with E-state index in [0.29, 0.717) is 11.6 Å². The van der Waals surface area contributed by atoms with Gasteiger partial charge in [0.25, 0.3) is 0 Å². The van der Waals surface area contributed by atoms with Crippen LogP contribution in [-0.4, -0.2) is 35.3 Å². The van der Waals surface area contributed by atoms with Crippen molar-refractivity contribution in [2.75, 3.05) is 18.4 Å². The first-order valence-electron chi connectivity index (χ1n) is 10.1. The van der Waals surface area contributed by atoms with Crippen LogP contribution in [0, 0.1) is 11.8 Å². The molecule has 3 fully saturated rings. The number of hydrazine groups is 1. The van der Waals surface area contributed by atoms with Gasteiger partial charge in [-0.3, -0.25) is 15.1 Å². The third-order valence-corrected chi connectivity index (χ3v) is 7.40. The minimum absolute atomic E-state index is 0.104. The van der Waals surface area contributed by atoms with Crippen LogP contribution in [0.2, 0.25) is 5.02 Å². The van der Waals surface area contributed by atoms with Crippen LogP contribution in [-0.2, 0) is 10.5 Å². The molecule has 2 bridgehead atoms. The summed E-state index contributed by atoms with van der Waals surface area (Å²) in [6.45, 7) is 2.04. The number of thioether (sulfide) groups is 1. The number of carbonyl (C=O) groups excluding carboxylic acids is 2. The quantitative estimate of drug-likeness (QED) is 0.607. The van der Waals surface area contributed by atoms with Crippen molar-refractivity contribution in [1.82, 2.24) is 15.8 Å². The average molecular weight is 445 g/mol. The van der Waals surface area contributed by atoms with E-state index in [2.05, 4.69) is 21.1 Å². The summed E-state index contributed by atoms with van der Waals surface area (Å²) in [6.07, 6.45) is 2.04. The highest BCUT2D eigenvalue weighted by molar-refractivity contribution is 7.99. The second kappa shape index (κ2) is 9.73. The fraction of sp³-hybridized carbons (Fsp3) is 0.364. The molecule has 2 aromatic carbocycles. The van der Waals surface area contributed by atoms with Crippen LogP contribution in [0.3, 0.4) is 0 Å². The van der Waals surface area contributed by atoms with E-state index < -0.39 is 6.03 Å². The molecule has 0 radical (unpaired) electrons. The fourth-order valence-electron chi connectivity index (χ4n) is 4.19. The molecular weight excluding hydrogens is 420 g/mol. The van der Waals surface area contributed by atoms with Gasteiger partial charge in [0.1, 0.15) is 0 Å². The zero-order chi connectivity index (χ0) is 20.9. The Morgan fingerprint density at radius 3 is 2.40 bits per heavy atom. The maximum Gasteiger partial charge on any atom is 0.337 e. The van der Waals surface area contributed by atoms with Gasteiger partial charge >= 0.3 is 6.03 Å². The van der Waals surface area contributed by atoms with E-state index in [-0.39, 0.29) is 17.2 Å². The second-order valence-corrected chi connectivity index (χ2v) is 9.20. The molecule has 3 amide bonds. The molecule has 5 rings (SSSR count). The van der Waals surface area contributed by atoms with Gasteiger partial charge in [-0.15, -0.1) is 11.8 Å². The molecule has 3 saturated heterocycles. The topological polar surface area (TPSA) is 73.5 Å². The molecule has 6 nitrogen and oxygen atoms in total. The molecule has 30 heavy (non-hydrogen) atoms. The smallest absolute Gasteiger partial charge is 0.307 e. The summed E-state index contributed by atoms with van der Waals surface area (Å²) in [5.74, 6) is 0.885. The number of carbonyl (C=O) groups is 2. The Bertz CT molecular complexity index is 872. The minimum Gasteiger partial charge on any atom is -0.307 e. The van der Waals surface area contributed by atoms with Gasteiger partial charge in [0.2, 0.25) is 5.91 Å².